The highest BCUT2D eigenvalue weighted by molar-refractivity contribution is 7.17. The van der Waals surface area contributed by atoms with Crippen LogP contribution in [0.5, 0.6) is 5.75 Å². The Labute approximate surface area is 206 Å². The molecule has 2 aromatic heterocycles. The van der Waals surface area contributed by atoms with Gasteiger partial charge in [-0.1, -0.05) is 18.2 Å². The standard InChI is InChI=1S/C24H28N4O4S2/c1-2-31-18-6-4-3-5-15(18)7-10-20(29)28-23-22(25)17-9-8-16(13-19(17)34-23)32-24(30)27-14-21-26-11-12-33-21/h3-6,11-12,16H,2,7-10,13-14,25H2,1H3,(H,27,30)(H,28,29). The minimum absolute atomic E-state index is 0.0917. The average Bonchev–Trinajstić information content (AvgIpc) is 3.45. The minimum Gasteiger partial charge on any atom is -0.494 e. The molecule has 1 unspecified atom stereocenters. The van der Waals surface area contributed by atoms with Crippen molar-refractivity contribution in [1.29, 1.82) is 0 Å². The second-order valence-corrected chi connectivity index (χ2v) is 9.97. The number of para-hydroxylation sites is 1. The minimum atomic E-state index is -0.450. The number of hydrogen-bond acceptors (Lipinski definition) is 8. The summed E-state index contributed by atoms with van der Waals surface area (Å²) in [4.78, 5) is 30.0. The lowest BCUT2D eigenvalue weighted by molar-refractivity contribution is -0.116. The number of alkyl carbamates (subject to hydrolysis) is 1. The fourth-order valence-corrected chi connectivity index (χ4v) is 5.70. The Hall–Kier alpha value is -3.11. The zero-order valence-corrected chi connectivity index (χ0v) is 20.6. The largest absolute Gasteiger partial charge is 0.494 e. The van der Waals surface area contributed by atoms with E-state index in [1.807, 2.05) is 36.6 Å². The summed E-state index contributed by atoms with van der Waals surface area (Å²) in [6.45, 7) is 2.87. The maximum atomic E-state index is 12.6. The summed E-state index contributed by atoms with van der Waals surface area (Å²) < 4.78 is 11.2. The zero-order chi connectivity index (χ0) is 23.9. The maximum absolute atomic E-state index is 12.6. The third kappa shape index (κ3) is 6.06. The number of aryl methyl sites for hydroxylation is 1. The molecule has 0 saturated heterocycles. The van der Waals surface area contributed by atoms with E-state index in [0.29, 0.717) is 55.9 Å². The van der Waals surface area contributed by atoms with Crippen molar-refractivity contribution in [2.24, 2.45) is 0 Å². The number of nitrogens with zero attached hydrogens (tertiary/aromatic N) is 1. The number of benzene rings is 1. The van der Waals surface area contributed by atoms with Crippen LogP contribution in [0.3, 0.4) is 0 Å². The number of thiophene rings is 1. The van der Waals surface area contributed by atoms with Crippen LogP contribution in [0.2, 0.25) is 0 Å². The van der Waals surface area contributed by atoms with E-state index in [0.717, 1.165) is 26.8 Å². The van der Waals surface area contributed by atoms with Crippen molar-refractivity contribution in [3.05, 3.63) is 56.9 Å². The van der Waals surface area contributed by atoms with E-state index in [2.05, 4.69) is 15.6 Å². The van der Waals surface area contributed by atoms with Gasteiger partial charge in [-0.15, -0.1) is 22.7 Å². The van der Waals surface area contributed by atoms with Crippen molar-refractivity contribution in [2.45, 2.75) is 51.7 Å². The molecule has 0 bridgehead atoms. The predicted molar refractivity (Wildman–Crippen MR) is 135 cm³/mol. The lowest BCUT2D eigenvalue weighted by Gasteiger charge is -2.22. The normalized spacial score (nSPS) is 14.8. The molecule has 34 heavy (non-hydrogen) atoms. The van der Waals surface area contributed by atoms with E-state index in [1.165, 1.54) is 22.7 Å². The van der Waals surface area contributed by atoms with Crippen molar-refractivity contribution in [2.75, 3.05) is 17.7 Å². The maximum Gasteiger partial charge on any atom is 0.407 e. The molecule has 4 rings (SSSR count). The zero-order valence-electron chi connectivity index (χ0n) is 19.0. The van der Waals surface area contributed by atoms with Crippen LogP contribution in [0, 0.1) is 0 Å². The number of anilines is 2. The van der Waals surface area contributed by atoms with E-state index < -0.39 is 6.09 Å². The fourth-order valence-electron chi connectivity index (χ4n) is 3.90. The predicted octanol–water partition coefficient (Wildman–Crippen LogP) is 4.54. The number of carbonyl (C=O) groups is 2. The first-order valence-electron chi connectivity index (χ1n) is 11.3. The first-order valence-corrected chi connectivity index (χ1v) is 13.0. The Kier molecular flexibility index (Phi) is 8.02. The van der Waals surface area contributed by atoms with E-state index in [-0.39, 0.29) is 12.0 Å². The van der Waals surface area contributed by atoms with Crippen LogP contribution in [0.15, 0.2) is 35.8 Å². The summed E-state index contributed by atoms with van der Waals surface area (Å²) in [7, 11) is 0. The summed E-state index contributed by atoms with van der Waals surface area (Å²) >= 11 is 2.95. The van der Waals surface area contributed by atoms with E-state index in [4.69, 9.17) is 15.2 Å². The molecule has 0 spiro atoms. The number of nitrogens with one attached hydrogen (secondary N) is 2. The van der Waals surface area contributed by atoms with Gasteiger partial charge in [-0.2, -0.15) is 0 Å². The molecule has 1 aliphatic rings. The molecule has 2 amide bonds. The first kappa shape index (κ1) is 24.0. The summed E-state index contributed by atoms with van der Waals surface area (Å²) in [5.74, 6) is 0.719. The van der Waals surface area contributed by atoms with Gasteiger partial charge in [0.2, 0.25) is 5.91 Å². The van der Waals surface area contributed by atoms with Gasteiger partial charge in [0.15, 0.2) is 0 Å². The molecule has 0 aliphatic heterocycles. The molecule has 1 atom stereocenters. The van der Waals surface area contributed by atoms with E-state index in [1.54, 1.807) is 6.20 Å². The summed E-state index contributed by atoms with van der Waals surface area (Å²) in [6.07, 6.45) is 3.93. The van der Waals surface area contributed by atoms with Crippen molar-refractivity contribution < 1.29 is 19.1 Å². The number of rotatable bonds is 9. The number of ether oxygens (including phenoxy) is 2. The van der Waals surface area contributed by atoms with Crippen molar-refractivity contribution in [1.82, 2.24) is 10.3 Å². The number of nitrogens with two attached hydrogens (primary N) is 1. The molecule has 1 aliphatic carbocycles. The van der Waals surface area contributed by atoms with Crippen LogP contribution in [-0.4, -0.2) is 29.7 Å². The summed E-state index contributed by atoms with van der Waals surface area (Å²) in [5, 5.41) is 9.07. The first-order chi connectivity index (χ1) is 16.5. The third-order valence-electron chi connectivity index (χ3n) is 5.55. The summed E-state index contributed by atoms with van der Waals surface area (Å²) in [5.41, 5.74) is 9.01. The summed E-state index contributed by atoms with van der Waals surface area (Å²) in [6, 6.07) is 7.76. The van der Waals surface area contributed by atoms with E-state index >= 15 is 0 Å². The molecule has 0 radical (unpaired) electrons. The van der Waals surface area contributed by atoms with Crippen molar-refractivity contribution >= 4 is 45.4 Å². The second-order valence-electron chi connectivity index (χ2n) is 7.89. The molecule has 1 aromatic carbocycles. The number of hydrogen-bond donors (Lipinski definition) is 3. The smallest absolute Gasteiger partial charge is 0.407 e. The van der Waals surface area contributed by atoms with Crippen LogP contribution in [0.25, 0.3) is 0 Å². The number of amides is 2. The van der Waals surface area contributed by atoms with Gasteiger partial charge in [0, 0.05) is 29.3 Å². The van der Waals surface area contributed by atoms with Gasteiger partial charge in [0.05, 0.1) is 18.8 Å². The highest BCUT2D eigenvalue weighted by atomic mass is 32.1. The molecular weight excluding hydrogens is 472 g/mol. The molecule has 2 heterocycles. The van der Waals surface area contributed by atoms with Gasteiger partial charge < -0.3 is 25.8 Å². The highest BCUT2D eigenvalue weighted by Crippen LogP contribution is 2.40. The Morgan fingerprint density at radius 2 is 2.15 bits per heavy atom. The quantitative estimate of drug-likeness (QED) is 0.397. The average molecular weight is 501 g/mol. The number of fused-ring (bicyclic) bond motifs is 1. The Morgan fingerprint density at radius 3 is 2.94 bits per heavy atom. The van der Waals surface area contributed by atoms with Gasteiger partial charge in [0.1, 0.15) is 21.9 Å². The van der Waals surface area contributed by atoms with Gasteiger partial charge in [0.25, 0.3) is 0 Å². The SMILES string of the molecule is CCOc1ccccc1CCC(=O)Nc1sc2c(c1N)CCC(OC(=O)NCc1nccs1)C2. The molecule has 8 nitrogen and oxygen atoms in total. The van der Waals surface area contributed by atoms with Crippen LogP contribution < -0.4 is 21.1 Å². The highest BCUT2D eigenvalue weighted by Gasteiger charge is 2.27. The number of aromatic nitrogens is 1. The van der Waals surface area contributed by atoms with Crippen LogP contribution >= 0.6 is 22.7 Å². The van der Waals surface area contributed by atoms with Gasteiger partial charge >= 0.3 is 6.09 Å². The topological polar surface area (TPSA) is 116 Å². The Morgan fingerprint density at radius 1 is 1.29 bits per heavy atom. The van der Waals surface area contributed by atoms with Crippen LogP contribution in [-0.2, 0) is 35.3 Å². The number of nitrogen functional groups attached to an aromatic ring is 1. The lowest BCUT2D eigenvalue weighted by atomic mass is 9.95. The lowest BCUT2D eigenvalue weighted by Crippen LogP contribution is -2.31. The Balaban J connectivity index is 1.29. The van der Waals surface area contributed by atoms with Crippen LogP contribution in [0.1, 0.15) is 40.8 Å². The molecule has 3 aromatic rings. The van der Waals surface area contributed by atoms with Crippen molar-refractivity contribution in [3.8, 4) is 5.75 Å². The van der Waals surface area contributed by atoms with Crippen LogP contribution in [0.4, 0.5) is 15.5 Å². The fraction of sp³-hybridized carbons (Fsp3) is 0.375. The Bertz CT molecular complexity index is 1130. The third-order valence-corrected chi connectivity index (χ3v) is 7.51. The second kappa shape index (κ2) is 11.3. The molecule has 180 valence electrons. The molecule has 10 heteroatoms. The number of carbonyl (C=O) groups excluding carboxylic acids is 2. The van der Waals surface area contributed by atoms with E-state index in [9.17, 15) is 9.59 Å². The van der Waals surface area contributed by atoms with Gasteiger partial charge in [-0.25, -0.2) is 9.78 Å². The molecule has 0 fully saturated rings. The number of thiazole rings is 1. The molecular formula is C24H28N4O4S2. The molecule has 0 saturated carbocycles. The molecule has 4 N–H and O–H groups in total. The van der Waals surface area contributed by atoms with Gasteiger partial charge in [-0.3, -0.25) is 4.79 Å². The van der Waals surface area contributed by atoms with Crippen molar-refractivity contribution in [3.63, 3.8) is 0 Å². The van der Waals surface area contributed by atoms with Gasteiger partial charge in [-0.05, 0) is 43.4 Å². The monoisotopic (exact) mass is 500 g/mol.